The number of benzene rings is 1. The third-order valence-electron chi connectivity index (χ3n) is 4.25. The number of carbonyl (C=O) groups is 2. The van der Waals surface area contributed by atoms with E-state index in [0.29, 0.717) is 17.0 Å². The van der Waals surface area contributed by atoms with Gasteiger partial charge >= 0.3 is 0 Å². The zero-order valence-corrected chi connectivity index (χ0v) is 14.4. The molecule has 1 aliphatic rings. The van der Waals surface area contributed by atoms with Crippen LogP contribution in [0.1, 0.15) is 51.5 Å². The monoisotopic (exact) mass is 323 g/mol. The molecule has 2 amide bonds. The molecule has 5 nitrogen and oxygen atoms in total. The van der Waals surface area contributed by atoms with Gasteiger partial charge in [-0.3, -0.25) is 9.59 Å². The molecule has 0 N–H and O–H groups in total. The Morgan fingerprint density at radius 3 is 2.21 bits per heavy atom. The number of amides is 2. The van der Waals surface area contributed by atoms with E-state index in [0.717, 1.165) is 28.5 Å². The normalized spacial score (nSPS) is 14.3. The van der Waals surface area contributed by atoms with Crippen molar-refractivity contribution in [1.29, 1.82) is 0 Å². The maximum absolute atomic E-state index is 12.3. The van der Waals surface area contributed by atoms with Gasteiger partial charge in [0.2, 0.25) is 0 Å². The lowest BCUT2D eigenvalue weighted by molar-refractivity contribution is 0.0660. The number of hydrazone groups is 1. The molecule has 1 aliphatic heterocycles. The Balaban J connectivity index is 1.88. The van der Waals surface area contributed by atoms with Gasteiger partial charge in [-0.25, -0.2) is 0 Å². The van der Waals surface area contributed by atoms with Crippen LogP contribution in [0.4, 0.5) is 0 Å². The molecule has 5 heteroatoms. The lowest BCUT2D eigenvalue weighted by Crippen LogP contribution is -2.24. The molecule has 0 aliphatic carbocycles. The van der Waals surface area contributed by atoms with E-state index in [1.165, 1.54) is 0 Å². The first-order valence-corrected chi connectivity index (χ1v) is 8.08. The van der Waals surface area contributed by atoms with E-state index in [1.54, 1.807) is 30.5 Å². The highest BCUT2D eigenvalue weighted by Gasteiger charge is 2.35. The maximum atomic E-state index is 12.3. The van der Waals surface area contributed by atoms with Crippen LogP contribution in [0.15, 0.2) is 35.4 Å². The minimum atomic E-state index is -0.372. The molecule has 0 saturated carbocycles. The van der Waals surface area contributed by atoms with Gasteiger partial charge in [-0.15, -0.1) is 0 Å². The summed E-state index contributed by atoms with van der Waals surface area (Å²) in [5, 5.41) is 5.10. The van der Waals surface area contributed by atoms with Gasteiger partial charge < -0.3 is 4.57 Å². The van der Waals surface area contributed by atoms with Crippen LogP contribution in [0, 0.1) is 19.8 Å². The number of aromatic nitrogens is 1. The van der Waals surface area contributed by atoms with E-state index >= 15 is 0 Å². The first kappa shape index (κ1) is 16.2. The smallest absolute Gasteiger partial charge is 0.282 e. The van der Waals surface area contributed by atoms with Gasteiger partial charge in [0, 0.05) is 23.5 Å². The minimum absolute atomic E-state index is 0.372. The van der Waals surface area contributed by atoms with Crippen LogP contribution in [-0.2, 0) is 6.54 Å². The van der Waals surface area contributed by atoms with Crippen LogP contribution in [0.25, 0.3) is 0 Å². The van der Waals surface area contributed by atoms with E-state index in [4.69, 9.17) is 0 Å². The Hall–Kier alpha value is -2.69. The number of rotatable bonds is 4. The van der Waals surface area contributed by atoms with E-state index in [1.807, 2.05) is 13.0 Å². The van der Waals surface area contributed by atoms with E-state index < -0.39 is 0 Å². The highest BCUT2D eigenvalue weighted by atomic mass is 16.2. The summed E-state index contributed by atoms with van der Waals surface area (Å²) in [6.45, 7) is 9.35. The molecule has 0 bridgehead atoms. The van der Waals surface area contributed by atoms with Crippen molar-refractivity contribution in [2.45, 2.75) is 34.2 Å². The number of imide groups is 1. The first-order chi connectivity index (χ1) is 11.4. The maximum Gasteiger partial charge on any atom is 0.282 e. The highest BCUT2D eigenvalue weighted by Crippen LogP contribution is 2.23. The van der Waals surface area contributed by atoms with Crippen molar-refractivity contribution in [2.75, 3.05) is 0 Å². The molecule has 24 heavy (non-hydrogen) atoms. The molecule has 0 radical (unpaired) electrons. The fourth-order valence-electron chi connectivity index (χ4n) is 3.01. The summed E-state index contributed by atoms with van der Waals surface area (Å²) in [6, 6.07) is 8.83. The fraction of sp³-hybridized carbons (Fsp3) is 0.316. The van der Waals surface area contributed by atoms with Crippen LogP contribution in [0.2, 0.25) is 0 Å². The Kier molecular flexibility index (Phi) is 4.09. The van der Waals surface area contributed by atoms with Gasteiger partial charge in [0.15, 0.2) is 0 Å². The van der Waals surface area contributed by atoms with Crippen molar-refractivity contribution < 1.29 is 9.59 Å². The van der Waals surface area contributed by atoms with Crippen molar-refractivity contribution in [3.8, 4) is 0 Å². The van der Waals surface area contributed by atoms with Crippen molar-refractivity contribution in [3.63, 3.8) is 0 Å². The molecule has 2 aromatic rings. The van der Waals surface area contributed by atoms with E-state index in [2.05, 4.69) is 30.4 Å². The second-order valence-corrected chi connectivity index (χ2v) is 6.54. The minimum Gasteiger partial charge on any atom is -0.348 e. The molecule has 0 atom stereocenters. The molecule has 2 heterocycles. The van der Waals surface area contributed by atoms with Crippen LogP contribution in [-0.4, -0.2) is 27.6 Å². The molecule has 3 rings (SSSR count). The molecule has 1 aromatic carbocycles. The van der Waals surface area contributed by atoms with E-state index in [-0.39, 0.29) is 11.8 Å². The Morgan fingerprint density at radius 2 is 1.67 bits per heavy atom. The number of hydrogen-bond acceptors (Lipinski definition) is 3. The molecule has 0 fully saturated rings. The van der Waals surface area contributed by atoms with Crippen molar-refractivity contribution >= 4 is 18.0 Å². The van der Waals surface area contributed by atoms with Crippen LogP contribution >= 0.6 is 0 Å². The summed E-state index contributed by atoms with van der Waals surface area (Å²) in [4.78, 5) is 24.6. The summed E-state index contributed by atoms with van der Waals surface area (Å²) in [5.41, 5.74) is 3.96. The van der Waals surface area contributed by atoms with Crippen LogP contribution < -0.4 is 0 Å². The van der Waals surface area contributed by atoms with Gasteiger partial charge in [-0.05, 0) is 38.0 Å². The highest BCUT2D eigenvalue weighted by molar-refractivity contribution is 6.21. The predicted molar refractivity (Wildman–Crippen MR) is 93.3 cm³/mol. The Morgan fingerprint density at radius 1 is 1.08 bits per heavy atom. The molecule has 124 valence electrons. The lowest BCUT2D eigenvalue weighted by Gasteiger charge is -2.12. The van der Waals surface area contributed by atoms with Crippen molar-refractivity contribution in [2.24, 2.45) is 11.0 Å². The van der Waals surface area contributed by atoms with Crippen molar-refractivity contribution in [3.05, 3.63) is 58.4 Å². The third kappa shape index (κ3) is 2.66. The lowest BCUT2D eigenvalue weighted by atomic mass is 10.1. The van der Waals surface area contributed by atoms with Gasteiger partial charge in [-0.2, -0.15) is 10.1 Å². The quantitative estimate of drug-likeness (QED) is 0.640. The largest absolute Gasteiger partial charge is 0.348 e. The summed E-state index contributed by atoms with van der Waals surface area (Å²) in [7, 11) is 0. The zero-order valence-electron chi connectivity index (χ0n) is 14.4. The number of carbonyl (C=O) groups excluding carboxylic acids is 2. The van der Waals surface area contributed by atoms with Gasteiger partial charge in [0.25, 0.3) is 11.8 Å². The second kappa shape index (κ2) is 6.07. The number of hydrogen-bond donors (Lipinski definition) is 0. The molecule has 0 saturated heterocycles. The topological polar surface area (TPSA) is 54.7 Å². The first-order valence-electron chi connectivity index (χ1n) is 8.08. The number of fused-ring (bicyclic) bond motifs is 1. The average molecular weight is 323 g/mol. The fourth-order valence-corrected chi connectivity index (χ4v) is 3.01. The third-order valence-corrected chi connectivity index (χ3v) is 4.25. The Bertz CT molecular complexity index is 811. The molecular weight excluding hydrogens is 302 g/mol. The van der Waals surface area contributed by atoms with Gasteiger partial charge in [0.05, 0.1) is 17.3 Å². The molecule has 0 unspecified atom stereocenters. The summed E-state index contributed by atoms with van der Waals surface area (Å²) in [6.07, 6.45) is 1.60. The van der Waals surface area contributed by atoms with Gasteiger partial charge in [0.1, 0.15) is 0 Å². The van der Waals surface area contributed by atoms with Crippen LogP contribution in [0.3, 0.4) is 0 Å². The summed E-state index contributed by atoms with van der Waals surface area (Å²) >= 11 is 0. The standard InChI is InChI=1S/C19H21N3O2/c1-12(2)11-21-13(3)9-15(14(21)4)10-20-22-18(23)16-7-5-6-8-17(16)19(22)24/h5-10,12H,11H2,1-4H3/b20-10-. The van der Waals surface area contributed by atoms with Crippen molar-refractivity contribution in [1.82, 2.24) is 9.58 Å². The van der Waals surface area contributed by atoms with Crippen LogP contribution in [0.5, 0.6) is 0 Å². The summed E-state index contributed by atoms with van der Waals surface area (Å²) < 4.78 is 2.23. The van der Waals surface area contributed by atoms with Gasteiger partial charge in [-0.1, -0.05) is 26.0 Å². The summed E-state index contributed by atoms with van der Waals surface area (Å²) in [5.74, 6) is -0.207. The second-order valence-electron chi connectivity index (χ2n) is 6.54. The number of nitrogens with zero attached hydrogens (tertiary/aromatic N) is 3. The molecular formula is C19H21N3O2. The predicted octanol–water partition coefficient (Wildman–Crippen LogP) is 3.39. The Labute approximate surface area is 141 Å². The molecule has 0 spiro atoms. The SMILES string of the molecule is Cc1cc(/C=N\N2C(=O)c3ccccc3C2=O)c(C)n1CC(C)C. The number of aryl methyl sites for hydroxylation is 1. The molecule has 1 aromatic heterocycles. The average Bonchev–Trinajstić information content (AvgIpc) is 2.95. The van der Waals surface area contributed by atoms with E-state index in [9.17, 15) is 9.59 Å². The zero-order chi connectivity index (χ0) is 17.4.